The van der Waals surface area contributed by atoms with Gasteiger partial charge in [0.05, 0.1) is 0 Å². The van der Waals surface area contributed by atoms with E-state index >= 15 is 0 Å². The standard InChI is InChI=1S/C17H27N3O2/c1-12-8-13(2)10-16(9-12)11-14(3)20-17(22)19-7-5-6-18-15(4)21/h8-10,14H,5-7,11H2,1-4H3,(H,18,21)(H2,19,20,22)/t14-/m0/s1. The van der Waals surface area contributed by atoms with Gasteiger partial charge in [0.1, 0.15) is 0 Å². The fraction of sp³-hybridized carbons (Fsp3) is 0.529. The number of hydrogen-bond acceptors (Lipinski definition) is 2. The molecule has 1 rings (SSSR count). The Labute approximate surface area is 132 Å². The van der Waals surface area contributed by atoms with Gasteiger partial charge in [-0.15, -0.1) is 0 Å². The van der Waals surface area contributed by atoms with Crippen LogP contribution in [0, 0.1) is 13.8 Å². The number of nitrogens with one attached hydrogen (secondary N) is 3. The number of carbonyl (C=O) groups is 2. The molecule has 0 heterocycles. The highest BCUT2D eigenvalue weighted by Crippen LogP contribution is 2.10. The maximum atomic E-state index is 11.8. The van der Waals surface area contributed by atoms with Crippen LogP contribution in [0.25, 0.3) is 0 Å². The molecule has 0 aromatic heterocycles. The van der Waals surface area contributed by atoms with E-state index in [4.69, 9.17) is 0 Å². The summed E-state index contributed by atoms with van der Waals surface area (Å²) in [7, 11) is 0. The summed E-state index contributed by atoms with van der Waals surface area (Å²) in [5, 5.41) is 8.42. The van der Waals surface area contributed by atoms with Crippen LogP contribution in [0.1, 0.15) is 37.0 Å². The summed E-state index contributed by atoms with van der Waals surface area (Å²) in [6, 6.07) is 6.34. The fourth-order valence-corrected chi connectivity index (χ4v) is 2.42. The van der Waals surface area contributed by atoms with E-state index in [1.54, 1.807) is 0 Å². The van der Waals surface area contributed by atoms with Gasteiger partial charge in [-0.05, 0) is 39.2 Å². The van der Waals surface area contributed by atoms with Crippen LogP contribution in [0.2, 0.25) is 0 Å². The Morgan fingerprint density at radius 2 is 1.64 bits per heavy atom. The third-order valence-electron chi connectivity index (χ3n) is 3.21. The predicted molar refractivity (Wildman–Crippen MR) is 88.9 cm³/mol. The first kappa shape index (κ1) is 18.0. The van der Waals surface area contributed by atoms with Crippen molar-refractivity contribution in [2.75, 3.05) is 13.1 Å². The van der Waals surface area contributed by atoms with Crippen LogP contribution < -0.4 is 16.0 Å². The van der Waals surface area contributed by atoms with Crippen LogP contribution in [-0.2, 0) is 11.2 Å². The lowest BCUT2D eigenvalue weighted by Gasteiger charge is -2.15. The molecule has 0 saturated carbocycles. The monoisotopic (exact) mass is 305 g/mol. The molecule has 0 saturated heterocycles. The second-order valence-corrected chi connectivity index (χ2v) is 5.84. The molecule has 1 aromatic carbocycles. The summed E-state index contributed by atoms with van der Waals surface area (Å²) in [6.45, 7) is 8.76. The first-order chi connectivity index (χ1) is 10.4. The van der Waals surface area contributed by atoms with Gasteiger partial charge in [-0.2, -0.15) is 0 Å². The molecule has 1 aromatic rings. The Bertz CT molecular complexity index is 494. The molecule has 5 nitrogen and oxygen atoms in total. The van der Waals surface area contributed by atoms with Crippen molar-refractivity contribution >= 4 is 11.9 Å². The summed E-state index contributed by atoms with van der Waals surface area (Å²) < 4.78 is 0. The van der Waals surface area contributed by atoms with Gasteiger partial charge < -0.3 is 16.0 Å². The van der Waals surface area contributed by atoms with Crippen molar-refractivity contribution in [3.8, 4) is 0 Å². The first-order valence-electron chi connectivity index (χ1n) is 7.73. The minimum atomic E-state index is -0.167. The molecule has 122 valence electrons. The number of benzene rings is 1. The Kier molecular flexibility index (Phi) is 7.43. The number of hydrogen-bond donors (Lipinski definition) is 3. The largest absolute Gasteiger partial charge is 0.356 e. The number of urea groups is 1. The third kappa shape index (κ3) is 7.67. The van der Waals surface area contributed by atoms with E-state index in [-0.39, 0.29) is 18.0 Å². The van der Waals surface area contributed by atoms with Crippen LogP contribution in [-0.4, -0.2) is 31.1 Å². The predicted octanol–water partition coefficient (Wildman–Crippen LogP) is 2.06. The normalized spacial score (nSPS) is 11.6. The molecule has 0 aliphatic carbocycles. The van der Waals surface area contributed by atoms with Gasteiger partial charge in [0.2, 0.25) is 5.91 Å². The van der Waals surface area contributed by atoms with Crippen LogP contribution in [0.15, 0.2) is 18.2 Å². The van der Waals surface area contributed by atoms with Crippen molar-refractivity contribution in [3.05, 3.63) is 34.9 Å². The molecule has 0 radical (unpaired) electrons. The van der Waals surface area contributed by atoms with E-state index in [9.17, 15) is 9.59 Å². The van der Waals surface area contributed by atoms with Gasteiger partial charge in [0, 0.05) is 26.1 Å². The molecule has 0 aliphatic rings. The molecule has 0 aliphatic heterocycles. The van der Waals surface area contributed by atoms with Gasteiger partial charge in [-0.3, -0.25) is 4.79 Å². The summed E-state index contributed by atoms with van der Waals surface area (Å²) >= 11 is 0. The maximum absolute atomic E-state index is 11.8. The van der Waals surface area contributed by atoms with E-state index in [2.05, 4.69) is 48.0 Å². The molecule has 0 spiro atoms. The molecule has 0 fully saturated rings. The van der Waals surface area contributed by atoms with Crippen LogP contribution in [0.3, 0.4) is 0 Å². The summed E-state index contributed by atoms with van der Waals surface area (Å²) in [4.78, 5) is 22.5. The van der Waals surface area contributed by atoms with Crippen LogP contribution in [0.4, 0.5) is 4.79 Å². The first-order valence-corrected chi connectivity index (χ1v) is 7.73. The van der Waals surface area contributed by atoms with E-state index in [1.807, 2.05) is 6.92 Å². The number of carbonyl (C=O) groups excluding carboxylic acids is 2. The summed E-state index contributed by atoms with van der Waals surface area (Å²) in [5.74, 6) is -0.0495. The molecule has 5 heteroatoms. The molecule has 3 N–H and O–H groups in total. The van der Waals surface area contributed by atoms with Gasteiger partial charge in [-0.25, -0.2) is 4.79 Å². The highest BCUT2D eigenvalue weighted by atomic mass is 16.2. The quantitative estimate of drug-likeness (QED) is 0.675. The zero-order valence-corrected chi connectivity index (χ0v) is 14.0. The Hall–Kier alpha value is -2.04. The SMILES string of the molecule is CC(=O)NCCCNC(=O)N[C@@H](C)Cc1cc(C)cc(C)c1. The van der Waals surface area contributed by atoms with Gasteiger partial charge in [0.25, 0.3) is 0 Å². The zero-order chi connectivity index (χ0) is 16.5. The molecule has 1 atom stereocenters. The van der Waals surface area contributed by atoms with Gasteiger partial charge in [-0.1, -0.05) is 29.3 Å². The summed E-state index contributed by atoms with van der Waals surface area (Å²) in [6.07, 6.45) is 1.53. The van der Waals surface area contributed by atoms with Crippen molar-refractivity contribution in [1.29, 1.82) is 0 Å². The van der Waals surface area contributed by atoms with Gasteiger partial charge >= 0.3 is 6.03 Å². The van der Waals surface area contributed by atoms with Gasteiger partial charge in [0.15, 0.2) is 0 Å². The van der Waals surface area contributed by atoms with E-state index < -0.39 is 0 Å². The highest BCUT2D eigenvalue weighted by Gasteiger charge is 2.08. The van der Waals surface area contributed by atoms with Crippen molar-refractivity contribution < 1.29 is 9.59 Å². The third-order valence-corrected chi connectivity index (χ3v) is 3.21. The van der Waals surface area contributed by atoms with E-state index in [1.165, 1.54) is 23.6 Å². The molecule has 0 bridgehead atoms. The molecule has 3 amide bonds. The Balaban J connectivity index is 2.27. The average Bonchev–Trinajstić information content (AvgIpc) is 2.36. The minimum Gasteiger partial charge on any atom is -0.356 e. The minimum absolute atomic E-state index is 0.0495. The number of rotatable bonds is 7. The number of aryl methyl sites for hydroxylation is 2. The Morgan fingerprint density at radius 3 is 2.23 bits per heavy atom. The molecular weight excluding hydrogens is 278 g/mol. The second kappa shape index (κ2) is 9.07. The zero-order valence-electron chi connectivity index (χ0n) is 14.0. The van der Waals surface area contributed by atoms with E-state index in [0.717, 1.165) is 12.8 Å². The second-order valence-electron chi connectivity index (χ2n) is 5.84. The van der Waals surface area contributed by atoms with Crippen LogP contribution >= 0.6 is 0 Å². The Morgan fingerprint density at radius 1 is 1.05 bits per heavy atom. The van der Waals surface area contributed by atoms with Crippen molar-refractivity contribution in [2.24, 2.45) is 0 Å². The molecule has 22 heavy (non-hydrogen) atoms. The smallest absolute Gasteiger partial charge is 0.315 e. The average molecular weight is 305 g/mol. The lowest BCUT2D eigenvalue weighted by atomic mass is 10.0. The van der Waals surface area contributed by atoms with Crippen LogP contribution in [0.5, 0.6) is 0 Å². The maximum Gasteiger partial charge on any atom is 0.315 e. The summed E-state index contributed by atoms with van der Waals surface area (Å²) in [5.41, 5.74) is 3.71. The van der Waals surface area contributed by atoms with Crippen molar-refractivity contribution in [1.82, 2.24) is 16.0 Å². The molecular formula is C17H27N3O2. The topological polar surface area (TPSA) is 70.2 Å². The lowest BCUT2D eigenvalue weighted by Crippen LogP contribution is -2.42. The lowest BCUT2D eigenvalue weighted by molar-refractivity contribution is -0.118. The highest BCUT2D eigenvalue weighted by molar-refractivity contribution is 5.74. The number of amides is 3. The van der Waals surface area contributed by atoms with Crippen molar-refractivity contribution in [2.45, 2.75) is 46.6 Å². The fourth-order valence-electron chi connectivity index (χ4n) is 2.42. The van der Waals surface area contributed by atoms with Crippen molar-refractivity contribution in [3.63, 3.8) is 0 Å². The molecule has 0 unspecified atom stereocenters. The van der Waals surface area contributed by atoms with E-state index in [0.29, 0.717) is 13.1 Å².